The number of nitrogens with zero attached hydrogens (tertiary/aromatic N) is 6. The predicted octanol–water partition coefficient (Wildman–Crippen LogP) is 1.92. The van der Waals surface area contributed by atoms with Gasteiger partial charge in [-0.1, -0.05) is 0 Å². The average Bonchev–Trinajstić information content (AvgIpc) is 3.15. The lowest BCUT2D eigenvalue weighted by Crippen LogP contribution is -2.36. The number of likely N-dealkylation sites (tertiary alicyclic amines) is 1. The van der Waals surface area contributed by atoms with Gasteiger partial charge in [0.05, 0.1) is 18.1 Å². The molecule has 1 atom stereocenters. The molecule has 0 spiro atoms. The molecule has 0 amide bonds. The van der Waals surface area contributed by atoms with E-state index in [9.17, 15) is 0 Å². The summed E-state index contributed by atoms with van der Waals surface area (Å²) < 4.78 is 4.27. The Bertz CT molecular complexity index is 789. The van der Waals surface area contributed by atoms with Gasteiger partial charge in [-0.15, -0.1) is 0 Å². The van der Waals surface area contributed by atoms with Gasteiger partial charge in [-0.3, -0.25) is 14.3 Å². The Morgan fingerprint density at radius 1 is 1.17 bits per heavy atom. The summed E-state index contributed by atoms with van der Waals surface area (Å²) >= 11 is 0. The van der Waals surface area contributed by atoms with E-state index in [2.05, 4.69) is 35.9 Å². The van der Waals surface area contributed by atoms with Crippen LogP contribution in [0.3, 0.4) is 0 Å². The molecular weight excluding hydrogens is 288 g/mol. The quantitative estimate of drug-likeness (QED) is 0.739. The second-order valence-electron chi connectivity index (χ2n) is 6.46. The SMILES string of the molecule is Cn1ccnc1C[C@H]1CCCN(Cc2cnc3cnccn23)C1. The van der Waals surface area contributed by atoms with Crippen molar-refractivity contribution in [1.82, 2.24) is 28.8 Å². The third-order valence-electron chi connectivity index (χ3n) is 4.77. The van der Waals surface area contributed by atoms with E-state index in [1.165, 1.54) is 24.4 Å². The van der Waals surface area contributed by atoms with Crippen molar-refractivity contribution in [2.75, 3.05) is 13.1 Å². The molecule has 0 bridgehead atoms. The average molecular weight is 310 g/mol. The molecule has 120 valence electrons. The van der Waals surface area contributed by atoms with Gasteiger partial charge in [0.25, 0.3) is 0 Å². The molecule has 3 aromatic heterocycles. The highest BCUT2D eigenvalue weighted by Gasteiger charge is 2.22. The van der Waals surface area contributed by atoms with Crippen molar-refractivity contribution in [3.05, 3.63) is 48.7 Å². The maximum Gasteiger partial charge on any atom is 0.155 e. The molecule has 4 heterocycles. The highest BCUT2D eigenvalue weighted by molar-refractivity contribution is 5.36. The first-order chi connectivity index (χ1) is 11.3. The van der Waals surface area contributed by atoms with Crippen LogP contribution in [0, 0.1) is 5.92 Å². The van der Waals surface area contributed by atoms with Crippen LogP contribution in [0.15, 0.2) is 37.2 Å². The highest BCUT2D eigenvalue weighted by Crippen LogP contribution is 2.21. The number of rotatable bonds is 4. The number of imidazole rings is 2. The monoisotopic (exact) mass is 310 g/mol. The van der Waals surface area contributed by atoms with Crippen molar-refractivity contribution in [2.45, 2.75) is 25.8 Å². The van der Waals surface area contributed by atoms with E-state index in [-0.39, 0.29) is 0 Å². The molecule has 0 radical (unpaired) electrons. The fourth-order valence-electron chi connectivity index (χ4n) is 3.55. The van der Waals surface area contributed by atoms with Crippen molar-refractivity contribution in [2.24, 2.45) is 13.0 Å². The molecule has 23 heavy (non-hydrogen) atoms. The van der Waals surface area contributed by atoms with E-state index in [0.29, 0.717) is 5.92 Å². The van der Waals surface area contributed by atoms with Crippen LogP contribution in [-0.4, -0.2) is 41.9 Å². The second-order valence-corrected chi connectivity index (χ2v) is 6.46. The number of aryl methyl sites for hydroxylation is 1. The molecular formula is C17H22N6. The van der Waals surface area contributed by atoms with Gasteiger partial charge in [0.15, 0.2) is 5.65 Å². The molecule has 1 fully saturated rings. The van der Waals surface area contributed by atoms with Crippen LogP contribution >= 0.6 is 0 Å². The molecule has 6 nitrogen and oxygen atoms in total. The normalized spacial score (nSPS) is 19.4. The van der Waals surface area contributed by atoms with Gasteiger partial charge in [0.1, 0.15) is 5.82 Å². The Labute approximate surface area is 135 Å². The minimum atomic E-state index is 0.686. The van der Waals surface area contributed by atoms with E-state index in [4.69, 9.17) is 0 Å². The van der Waals surface area contributed by atoms with Crippen LogP contribution in [0.5, 0.6) is 0 Å². The first-order valence-corrected chi connectivity index (χ1v) is 8.24. The van der Waals surface area contributed by atoms with Crippen LogP contribution in [0.1, 0.15) is 24.4 Å². The summed E-state index contributed by atoms with van der Waals surface area (Å²) in [6, 6.07) is 0. The Balaban J connectivity index is 1.44. The van der Waals surface area contributed by atoms with E-state index >= 15 is 0 Å². The zero-order valence-corrected chi connectivity index (χ0v) is 13.5. The van der Waals surface area contributed by atoms with Gasteiger partial charge in [-0.25, -0.2) is 9.97 Å². The molecule has 1 aliphatic heterocycles. The van der Waals surface area contributed by atoms with Gasteiger partial charge in [0.2, 0.25) is 0 Å². The zero-order valence-electron chi connectivity index (χ0n) is 13.5. The molecule has 0 aliphatic carbocycles. The van der Waals surface area contributed by atoms with Gasteiger partial charge < -0.3 is 4.57 Å². The van der Waals surface area contributed by atoms with Crippen LogP contribution in [0.2, 0.25) is 0 Å². The Morgan fingerprint density at radius 3 is 3.00 bits per heavy atom. The number of aromatic nitrogens is 5. The van der Waals surface area contributed by atoms with Gasteiger partial charge in [0, 0.05) is 51.3 Å². The van der Waals surface area contributed by atoms with Crippen LogP contribution in [0.25, 0.3) is 5.65 Å². The number of fused-ring (bicyclic) bond motifs is 1. The number of hydrogen-bond acceptors (Lipinski definition) is 4. The molecule has 1 aliphatic rings. The maximum absolute atomic E-state index is 4.47. The minimum Gasteiger partial charge on any atom is -0.338 e. The molecule has 1 saturated heterocycles. The summed E-state index contributed by atoms with van der Waals surface area (Å²) in [4.78, 5) is 15.6. The molecule has 0 unspecified atom stereocenters. The van der Waals surface area contributed by atoms with Crippen molar-refractivity contribution >= 4 is 5.65 Å². The lowest BCUT2D eigenvalue weighted by atomic mass is 9.94. The highest BCUT2D eigenvalue weighted by atomic mass is 15.2. The summed E-state index contributed by atoms with van der Waals surface area (Å²) in [5.74, 6) is 1.88. The molecule has 6 heteroatoms. The van der Waals surface area contributed by atoms with Gasteiger partial charge in [-0.05, 0) is 25.3 Å². The molecule has 3 aromatic rings. The number of hydrogen-bond donors (Lipinski definition) is 0. The van der Waals surface area contributed by atoms with Crippen LogP contribution in [-0.2, 0) is 20.0 Å². The van der Waals surface area contributed by atoms with Crippen molar-refractivity contribution in [1.29, 1.82) is 0 Å². The third kappa shape index (κ3) is 2.99. The Hall–Kier alpha value is -2.21. The Morgan fingerprint density at radius 2 is 2.13 bits per heavy atom. The molecule has 0 aromatic carbocycles. The molecule has 4 rings (SSSR count). The third-order valence-corrected chi connectivity index (χ3v) is 4.77. The molecule has 0 N–H and O–H groups in total. The van der Waals surface area contributed by atoms with Crippen LogP contribution in [0.4, 0.5) is 0 Å². The van der Waals surface area contributed by atoms with Gasteiger partial charge >= 0.3 is 0 Å². The summed E-state index contributed by atoms with van der Waals surface area (Å²) in [5.41, 5.74) is 2.16. The summed E-state index contributed by atoms with van der Waals surface area (Å²) in [6.07, 6.45) is 15.1. The van der Waals surface area contributed by atoms with Crippen molar-refractivity contribution < 1.29 is 0 Å². The van der Waals surface area contributed by atoms with E-state index in [1.54, 1.807) is 0 Å². The summed E-state index contributed by atoms with van der Waals surface area (Å²) in [6.45, 7) is 3.24. The second kappa shape index (κ2) is 6.12. The first-order valence-electron chi connectivity index (χ1n) is 8.24. The fourth-order valence-corrected chi connectivity index (χ4v) is 3.55. The first kappa shape index (κ1) is 14.4. The summed E-state index contributed by atoms with van der Waals surface area (Å²) in [5, 5.41) is 0. The van der Waals surface area contributed by atoms with Crippen molar-refractivity contribution in [3.63, 3.8) is 0 Å². The van der Waals surface area contributed by atoms with E-state index < -0.39 is 0 Å². The fraction of sp³-hybridized carbons (Fsp3) is 0.471. The predicted molar refractivity (Wildman–Crippen MR) is 87.9 cm³/mol. The van der Waals surface area contributed by atoms with Crippen molar-refractivity contribution in [3.8, 4) is 0 Å². The number of piperidine rings is 1. The van der Waals surface area contributed by atoms with E-state index in [1.807, 2.05) is 37.2 Å². The lowest BCUT2D eigenvalue weighted by molar-refractivity contribution is 0.163. The summed E-state index contributed by atoms with van der Waals surface area (Å²) in [7, 11) is 2.08. The maximum atomic E-state index is 4.47. The van der Waals surface area contributed by atoms with Crippen LogP contribution < -0.4 is 0 Å². The standard InChI is InChI=1S/C17H22N6/c1-21-7-5-19-16(21)9-14-3-2-6-22(12-14)13-15-10-20-17-11-18-4-8-23(15)17/h4-5,7-8,10-11,14H,2-3,6,9,12-13H2,1H3/t14-/m1/s1. The topological polar surface area (TPSA) is 51.2 Å². The smallest absolute Gasteiger partial charge is 0.155 e. The molecule has 0 saturated carbocycles. The van der Waals surface area contributed by atoms with E-state index in [0.717, 1.165) is 31.7 Å². The lowest BCUT2D eigenvalue weighted by Gasteiger charge is -2.32. The Kier molecular flexibility index (Phi) is 3.83. The minimum absolute atomic E-state index is 0.686. The zero-order chi connectivity index (χ0) is 15.6. The van der Waals surface area contributed by atoms with Gasteiger partial charge in [-0.2, -0.15) is 0 Å². The largest absolute Gasteiger partial charge is 0.338 e.